The molecule has 0 bridgehead atoms. The van der Waals surface area contributed by atoms with Gasteiger partial charge in [-0.3, -0.25) is 4.79 Å². The monoisotopic (exact) mass is 314 g/mol. The quantitative estimate of drug-likeness (QED) is 0.903. The van der Waals surface area contributed by atoms with Crippen LogP contribution in [0.3, 0.4) is 0 Å². The number of hydrogen-bond acceptors (Lipinski definition) is 4. The third kappa shape index (κ3) is 3.71. The third-order valence-corrected chi connectivity index (χ3v) is 4.27. The second kappa shape index (κ2) is 6.83. The average molecular weight is 314 g/mol. The highest BCUT2D eigenvalue weighted by molar-refractivity contribution is 5.92. The van der Waals surface area contributed by atoms with Crippen LogP contribution >= 0.6 is 0 Å². The number of nitrogens with zero attached hydrogens (tertiary/aromatic N) is 2. The number of rotatable bonds is 4. The van der Waals surface area contributed by atoms with Crippen molar-refractivity contribution in [2.45, 2.75) is 37.8 Å². The van der Waals surface area contributed by atoms with Gasteiger partial charge in [-0.2, -0.15) is 5.10 Å². The van der Waals surface area contributed by atoms with E-state index in [0.717, 1.165) is 37.1 Å². The molecule has 1 fully saturated rings. The van der Waals surface area contributed by atoms with E-state index in [0.29, 0.717) is 5.69 Å². The second-order valence-electron chi connectivity index (χ2n) is 5.93. The lowest BCUT2D eigenvalue weighted by Gasteiger charge is -2.26. The molecule has 1 heterocycles. The highest BCUT2D eigenvalue weighted by Gasteiger charge is 2.21. The molecule has 1 aromatic carbocycles. The van der Waals surface area contributed by atoms with Gasteiger partial charge < -0.3 is 15.8 Å². The molecule has 0 radical (unpaired) electrons. The standard InChI is InChI=1S/C17H22N4O2/c1-23-15-8-6-14(7-9-15)21-11-10-16(20-21)17(22)19-13-4-2-12(18)3-5-13/h6-13H,2-5,18H2,1H3,(H,19,22). The SMILES string of the molecule is COc1ccc(-n2ccc(C(=O)NC3CCC(N)CC3)n2)cc1. The number of amides is 1. The minimum atomic E-state index is -0.127. The summed E-state index contributed by atoms with van der Waals surface area (Å²) < 4.78 is 6.82. The van der Waals surface area contributed by atoms with Gasteiger partial charge in [0.1, 0.15) is 5.75 Å². The minimum Gasteiger partial charge on any atom is -0.497 e. The van der Waals surface area contributed by atoms with Gasteiger partial charge in [-0.1, -0.05) is 0 Å². The first-order valence-corrected chi connectivity index (χ1v) is 7.92. The number of carbonyl (C=O) groups is 1. The van der Waals surface area contributed by atoms with E-state index in [4.69, 9.17) is 10.5 Å². The lowest BCUT2D eigenvalue weighted by molar-refractivity contribution is 0.0920. The highest BCUT2D eigenvalue weighted by atomic mass is 16.5. The maximum absolute atomic E-state index is 12.3. The molecule has 3 rings (SSSR count). The first-order valence-electron chi connectivity index (χ1n) is 7.92. The Morgan fingerprint density at radius 2 is 1.91 bits per heavy atom. The van der Waals surface area contributed by atoms with Crippen LogP contribution in [0, 0.1) is 0 Å². The summed E-state index contributed by atoms with van der Waals surface area (Å²) in [4.78, 5) is 12.3. The maximum atomic E-state index is 12.3. The van der Waals surface area contributed by atoms with E-state index in [1.54, 1.807) is 24.1 Å². The van der Waals surface area contributed by atoms with E-state index in [2.05, 4.69) is 10.4 Å². The molecule has 23 heavy (non-hydrogen) atoms. The van der Waals surface area contributed by atoms with Crippen molar-refractivity contribution in [3.05, 3.63) is 42.2 Å². The van der Waals surface area contributed by atoms with Crippen LogP contribution in [0.1, 0.15) is 36.2 Å². The molecule has 6 heteroatoms. The Morgan fingerprint density at radius 3 is 2.57 bits per heavy atom. The fourth-order valence-corrected chi connectivity index (χ4v) is 2.85. The van der Waals surface area contributed by atoms with Crippen molar-refractivity contribution >= 4 is 5.91 Å². The molecule has 3 N–H and O–H groups in total. The lowest BCUT2D eigenvalue weighted by Crippen LogP contribution is -2.40. The Hall–Kier alpha value is -2.34. The van der Waals surface area contributed by atoms with Crippen LogP contribution in [-0.2, 0) is 0 Å². The zero-order valence-corrected chi connectivity index (χ0v) is 13.2. The first kappa shape index (κ1) is 15.6. The summed E-state index contributed by atoms with van der Waals surface area (Å²) in [5.74, 6) is 0.659. The van der Waals surface area contributed by atoms with Crippen molar-refractivity contribution < 1.29 is 9.53 Å². The normalized spacial score (nSPS) is 21.0. The van der Waals surface area contributed by atoms with E-state index in [-0.39, 0.29) is 18.0 Å². The van der Waals surface area contributed by atoms with Crippen LogP contribution in [0.4, 0.5) is 0 Å². The molecule has 0 atom stereocenters. The lowest BCUT2D eigenvalue weighted by atomic mass is 9.92. The molecular weight excluding hydrogens is 292 g/mol. The summed E-state index contributed by atoms with van der Waals surface area (Å²) in [6.07, 6.45) is 5.59. The van der Waals surface area contributed by atoms with Gasteiger partial charge >= 0.3 is 0 Å². The van der Waals surface area contributed by atoms with Gasteiger partial charge in [0.05, 0.1) is 12.8 Å². The first-order chi connectivity index (χ1) is 11.2. The molecule has 0 aliphatic heterocycles. The molecule has 6 nitrogen and oxygen atoms in total. The van der Waals surface area contributed by atoms with Crippen LogP contribution in [0.2, 0.25) is 0 Å². The topological polar surface area (TPSA) is 82.2 Å². The number of benzene rings is 1. The van der Waals surface area contributed by atoms with Crippen molar-refractivity contribution in [1.29, 1.82) is 0 Å². The summed E-state index contributed by atoms with van der Waals surface area (Å²) >= 11 is 0. The predicted octanol–water partition coefficient (Wildman–Crippen LogP) is 1.88. The second-order valence-corrected chi connectivity index (χ2v) is 5.93. The molecule has 122 valence electrons. The Balaban J connectivity index is 1.64. The number of aromatic nitrogens is 2. The van der Waals surface area contributed by atoms with Gasteiger partial charge in [-0.05, 0) is 56.0 Å². The van der Waals surface area contributed by atoms with Gasteiger partial charge in [0, 0.05) is 18.3 Å². The zero-order chi connectivity index (χ0) is 16.2. The van der Waals surface area contributed by atoms with E-state index in [1.165, 1.54) is 0 Å². The molecule has 1 aliphatic carbocycles. The van der Waals surface area contributed by atoms with Gasteiger partial charge in [0.25, 0.3) is 5.91 Å². The summed E-state index contributed by atoms with van der Waals surface area (Å²) in [5.41, 5.74) is 7.20. The number of nitrogens with one attached hydrogen (secondary N) is 1. The molecule has 1 amide bonds. The number of methoxy groups -OCH3 is 1. The van der Waals surface area contributed by atoms with E-state index < -0.39 is 0 Å². The van der Waals surface area contributed by atoms with E-state index in [1.807, 2.05) is 24.3 Å². The van der Waals surface area contributed by atoms with Crippen molar-refractivity contribution in [1.82, 2.24) is 15.1 Å². The number of carbonyl (C=O) groups excluding carboxylic acids is 1. The van der Waals surface area contributed by atoms with Crippen LogP contribution < -0.4 is 15.8 Å². The summed E-state index contributed by atoms with van der Waals surface area (Å²) in [7, 11) is 1.63. The largest absolute Gasteiger partial charge is 0.497 e. The van der Waals surface area contributed by atoms with E-state index in [9.17, 15) is 4.79 Å². The van der Waals surface area contributed by atoms with Gasteiger partial charge in [-0.15, -0.1) is 0 Å². The Bertz CT molecular complexity index is 657. The van der Waals surface area contributed by atoms with Crippen LogP contribution in [0.15, 0.2) is 36.5 Å². The smallest absolute Gasteiger partial charge is 0.272 e. The van der Waals surface area contributed by atoms with Crippen molar-refractivity contribution in [3.8, 4) is 11.4 Å². The Labute approximate surface area is 135 Å². The van der Waals surface area contributed by atoms with Crippen molar-refractivity contribution in [2.24, 2.45) is 5.73 Å². The fraction of sp³-hybridized carbons (Fsp3) is 0.412. The van der Waals surface area contributed by atoms with Crippen molar-refractivity contribution in [3.63, 3.8) is 0 Å². The fourth-order valence-electron chi connectivity index (χ4n) is 2.85. The van der Waals surface area contributed by atoms with Crippen LogP contribution in [-0.4, -0.2) is 34.9 Å². The third-order valence-electron chi connectivity index (χ3n) is 4.27. The van der Waals surface area contributed by atoms with Gasteiger partial charge in [0.2, 0.25) is 0 Å². The molecule has 1 aliphatic rings. The number of hydrogen-bond donors (Lipinski definition) is 2. The van der Waals surface area contributed by atoms with Gasteiger partial charge in [-0.25, -0.2) is 4.68 Å². The molecular formula is C17H22N4O2. The molecule has 1 aromatic heterocycles. The van der Waals surface area contributed by atoms with E-state index >= 15 is 0 Å². The maximum Gasteiger partial charge on any atom is 0.272 e. The Morgan fingerprint density at radius 1 is 1.22 bits per heavy atom. The van der Waals surface area contributed by atoms with Gasteiger partial charge in [0.15, 0.2) is 5.69 Å². The van der Waals surface area contributed by atoms with Crippen molar-refractivity contribution in [2.75, 3.05) is 7.11 Å². The summed E-state index contributed by atoms with van der Waals surface area (Å²) in [5, 5.41) is 7.40. The zero-order valence-electron chi connectivity index (χ0n) is 13.2. The number of nitrogens with two attached hydrogens (primary N) is 1. The molecule has 2 aromatic rings. The number of ether oxygens (including phenoxy) is 1. The highest BCUT2D eigenvalue weighted by Crippen LogP contribution is 2.18. The molecule has 0 unspecified atom stereocenters. The molecule has 0 spiro atoms. The predicted molar refractivity (Wildman–Crippen MR) is 87.8 cm³/mol. The minimum absolute atomic E-state index is 0.127. The molecule has 0 saturated heterocycles. The summed E-state index contributed by atoms with van der Waals surface area (Å²) in [6.45, 7) is 0. The van der Waals surface area contributed by atoms with Crippen LogP contribution in [0.5, 0.6) is 5.75 Å². The Kier molecular flexibility index (Phi) is 4.62. The van der Waals surface area contributed by atoms with Crippen LogP contribution in [0.25, 0.3) is 5.69 Å². The molecule has 1 saturated carbocycles. The summed E-state index contributed by atoms with van der Waals surface area (Å²) in [6, 6.07) is 9.73. The average Bonchev–Trinajstić information content (AvgIpc) is 3.07.